The number of carbonyl (C=O) groups excluding carboxylic acids is 1. The molecule has 1 atom stereocenters. The van der Waals surface area contributed by atoms with Crippen LogP contribution in [0.4, 0.5) is 0 Å². The second-order valence-corrected chi connectivity index (χ2v) is 5.05. The average Bonchev–Trinajstić information content (AvgIpc) is 2.47. The number of aliphatic carboxylic acids is 1. The van der Waals surface area contributed by atoms with E-state index in [-0.39, 0.29) is 5.91 Å². The van der Waals surface area contributed by atoms with Gasteiger partial charge in [0.1, 0.15) is 10.9 Å². The van der Waals surface area contributed by atoms with E-state index >= 15 is 0 Å². The van der Waals surface area contributed by atoms with Gasteiger partial charge in [0.05, 0.1) is 0 Å². The van der Waals surface area contributed by atoms with Crippen LogP contribution in [-0.2, 0) is 4.79 Å². The highest BCUT2D eigenvalue weighted by atomic mass is 127. The van der Waals surface area contributed by atoms with E-state index in [1.54, 1.807) is 0 Å². The molecular formula is C9H10INO3S. The zero-order valence-corrected chi connectivity index (χ0v) is 11.2. The molecule has 4 nitrogen and oxygen atoms in total. The van der Waals surface area contributed by atoms with Crippen LogP contribution < -0.4 is 5.32 Å². The molecule has 0 spiro atoms. The monoisotopic (exact) mass is 339 g/mol. The summed E-state index contributed by atoms with van der Waals surface area (Å²) in [5.41, 5.74) is 1.04. The Morgan fingerprint density at radius 2 is 2.20 bits per heavy atom. The second-order valence-electron chi connectivity index (χ2n) is 3.10. The fourth-order valence-electron chi connectivity index (χ4n) is 0.907. The number of carbonyl (C=O) groups is 2. The van der Waals surface area contributed by atoms with E-state index in [0.29, 0.717) is 4.88 Å². The first-order chi connectivity index (χ1) is 6.93. The van der Waals surface area contributed by atoms with E-state index in [0.717, 1.165) is 9.13 Å². The van der Waals surface area contributed by atoms with Crippen LogP contribution in [-0.4, -0.2) is 23.0 Å². The Kier molecular flexibility index (Phi) is 4.09. The maximum atomic E-state index is 11.6. The topological polar surface area (TPSA) is 66.4 Å². The predicted octanol–water partition coefficient (Wildman–Crippen LogP) is 1.86. The summed E-state index contributed by atoms with van der Waals surface area (Å²) >= 11 is 3.41. The van der Waals surface area contributed by atoms with E-state index in [4.69, 9.17) is 5.11 Å². The van der Waals surface area contributed by atoms with Gasteiger partial charge >= 0.3 is 5.97 Å². The fraction of sp³-hybridized carbons (Fsp3) is 0.333. The molecule has 1 amide bonds. The lowest BCUT2D eigenvalue weighted by atomic mass is 10.3. The van der Waals surface area contributed by atoms with Crippen LogP contribution in [0.5, 0.6) is 0 Å². The van der Waals surface area contributed by atoms with Crippen LogP contribution in [0.3, 0.4) is 0 Å². The number of thiophene rings is 1. The number of aryl methyl sites for hydroxylation is 1. The number of hydrogen-bond acceptors (Lipinski definition) is 3. The van der Waals surface area contributed by atoms with Crippen LogP contribution in [0.1, 0.15) is 22.2 Å². The molecule has 1 aromatic rings. The molecular weight excluding hydrogens is 329 g/mol. The molecule has 15 heavy (non-hydrogen) atoms. The number of halogens is 1. The van der Waals surface area contributed by atoms with Gasteiger partial charge < -0.3 is 10.4 Å². The highest BCUT2D eigenvalue weighted by Crippen LogP contribution is 2.23. The Morgan fingerprint density at radius 3 is 2.60 bits per heavy atom. The maximum Gasteiger partial charge on any atom is 0.325 e. The molecule has 1 unspecified atom stereocenters. The van der Waals surface area contributed by atoms with E-state index in [1.807, 2.05) is 12.3 Å². The highest BCUT2D eigenvalue weighted by molar-refractivity contribution is 14.1. The summed E-state index contributed by atoms with van der Waals surface area (Å²) in [5.74, 6) is -1.36. The molecule has 0 aromatic carbocycles. The van der Waals surface area contributed by atoms with Crippen molar-refractivity contribution in [3.8, 4) is 0 Å². The summed E-state index contributed by atoms with van der Waals surface area (Å²) in [5, 5.41) is 12.9. The van der Waals surface area contributed by atoms with Gasteiger partial charge in [-0.05, 0) is 47.4 Å². The standard InChI is InChI=1S/C9H10INO3S/c1-4-3-15-7(6(4)10)8(12)11-5(2)9(13)14/h3,5H,1-2H3,(H,11,12)(H,13,14). The summed E-state index contributed by atoms with van der Waals surface area (Å²) in [6.07, 6.45) is 0. The maximum absolute atomic E-state index is 11.6. The minimum Gasteiger partial charge on any atom is -0.480 e. The van der Waals surface area contributed by atoms with Gasteiger partial charge in [-0.3, -0.25) is 9.59 Å². The summed E-state index contributed by atoms with van der Waals surface area (Å²) in [6.45, 7) is 3.35. The molecule has 0 fully saturated rings. The lowest BCUT2D eigenvalue weighted by Gasteiger charge is -2.08. The highest BCUT2D eigenvalue weighted by Gasteiger charge is 2.19. The molecule has 0 saturated carbocycles. The van der Waals surface area contributed by atoms with Crippen LogP contribution in [0.25, 0.3) is 0 Å². The van der Waals surface area contributed by atoms with Crippen LogP contribution in [0.2, 0.25) is 0 Å². The minimum atomic E-state index is -1.04. The van der Waals surface area contributed by atoms with Crippen molar-refractivity contribution in [1.82, 2.24) is 5.32 Å². The normalized spacial score (nSPS) is 12.2. The van der Waals surface area contributed by atoms with Gasteiger partial charge in [-0.25, -0.2) is 0 Å². The van der Waals surface area contributed by atoms with Gasteiger partial charge in [0.2, 0.25) is 0 Å². The van der Waals surface area contributed by atoms with Crippen molar-refractivity contribution in [2.45, 2.75) is 19.9 Å². The van der Waals surface area contributed by atoms with Crippen molar-refractivity contribution in [1.29, 1.82) is 0 Å². The zero-order valence-electron chi connectivity index (χ0n) is 8.20. The Bertz CT molecular complexity index is 402. The third-order valence-electron chi connectivity index (χ3n) is 1.82. The molecule has 1 rings (SSSR count). The van der Waals surface area contributed by atoms with Gasteiger partial charge in [0, 0.05) is 3.57 Å². The summed E-state index contributed by atoms with van der Waals surface area (Å²) < 4.78 is 0.882. The first-order valence-electron chi connectivity index (χ1n) is 4.20. The van der Waals surface area contributed by atoms with Crippen molar-refractivity contribution in [3.63, 3.8) is 0 Å². The molecule has 0 radical (unpaired) electrons. The molecule has 0 bridgehead atoms. The van der Waals surface area contributed by atoms with Crippen molar-refractivity contribution in [2.75, 3.05) is 0 Å². The molecule has 1 heterocycles. The number of nitrogens with one attached hydrogen (secondary N) is 1. The van der Waals surface area contributed by atoms with Crippen LogP contribution in [0.15, 0.2) is 5.38 Å². The zero-order chi connectivity index (χ0) is 11.6. The second kappa shape index (κ2) is 4.93. The number of amides is 1. The third kappa shape index (κ3) is 2.91. The first-order valence-corrected chi connectivity index (χ1v) is 6.16. The van der Waals surface area contributed by atoms with Gasteiger partial charge in [0.25, 0.3) is 5.91 Å². The largest absolute Gasteiger partial charge is 0.480 e. The van der Waals surface area contributed by atoms with Gasteiger partial charge in [-0.1, -0.05) is 0 Å². The van der Waals surface area contributed by atoms with E-state index in [2.05, 4.69) is 27.9 Å². The molecule has 0 aliphatic carbocycles. The molecule has 6 heteroatoms. The van der Waals surface area contributed by atoms with Crippen molar-refractivity contribution < 1.29 is 14.7 Å². The number of carboxylic acids is 1. The Balaban J connectivity index is 2.78. The third-order valence-corrected chi connectivity index (χ3v) is 4.68. The van der Waals surface area contributed by atoms with E-state index in [9.17, 15) is 9.59 Å². The SMILES string of the molecule is Cc1csc(C(=O)NC(C)C(=O)O)c1I. The van der Waals surface area contributed by atoms with E-state index in [1.165, 1.54) is 18.3 Å². The summed E-state index contributed by atoms with van der Waals surface area (Å²) in [6, 6.07) is -0.865. The number of hydrogen-bond donors (Lipinski definition) is 2. The lowest BCUT2D eigenvalue weighted by molar-refractivity contribution is -0.138. The smallest absolute Gasteiger partial charge is 0.325 e. The number of carboxylic acid groups (broad SMARTS) is 1. The average molecular weight is 339 g/mol. The van der Waals surface area contributed by atoms with Gasteiger partial charge in [0.15, 0.2) is 0 Å². The molecule has 82 valence electrons. The fourth-order valence-corrected chi connectivity index (χ4v) is 2.74. The Labute approximate surface area is 105 Å². The molecule has 2 N–H and O–H groups in total. The number of rotatable bonds is 3. The molecule has 0 saturated heterocycles. The van der Waals surface area contributed by atoms with Crippen molar-refractivity contribution in [3.05, 3.63) is 19.4 Å². The predicted molar refractivity (Wildman–Crippen MR) is 66.3 cm³/mol. The summed E-state index contributed by atoms with van der Waals surface area (Å²) in [7, 11) is 0. The quantitative estimate of drug-likeness (QED) is 0.827. The molecule has 1 aromatic heterocycles. The van der Waals surface area contributed by atoms with Crippen LogP contribution >= 0.6 is 33.9 Å². The Morgan fingerprint density at radius 1 is 1.60 bits per heavy atom. The Hall–Kier alpha value is -0.630. The van der Waals surface area contributed by atoms with Crippen LogP contribution in [0, 0.1) is 10.5 Å². The van der Waals surface area contributed by atoms with E-state index < -0.39 is 12.0 Å². The van der Waals surface area contributed by atoms with Gasteiger partial charge in [-0.2, -0.15) is 0 Å². The molecule has 0 aliphatic heterocycles. The van der Waals surface area contributed by atoms with Crippen molar-refractivity contribution >= 4 is 45.8 Å². The minimum absolute atomic E-state index is 0.326. The lowest BCUT2D eigenvalue weighted by Crippen LogP contribution is -2.38. The molecule has 0 aliphatic rings. The van der Waals surface area contributed by atoms with Gasteiger partial charge in [-0.15, -0.1) is 11.3 Å². The summed E-state index contributed by atoms with van der Waals surface area (Å²) in [4.78, 5) is 22.7. The van der Waals surface area contributed by atoms with Crippen molar-refractivity contribution in [2.24, 2.45) is 0 Å². The first kappa shape index (κ1) is 12.4.